The molecule has 4 aromatic rings. The number of carboxylic acid groups (broad SMARTS) is 3. The third kappa shape index (κ3) is 28.6. The van der Waals surface area contributed by atoms with Gasteiger partial charge in [-0.1, -0.05) is 73.5 Å². The van der Waals surface area contributed by atoms with Gasteiger partial charge in [-0.15, -0.1) is 0 Å². The molecule has 4 heterocycles. The predicted octanol–water partition coefficient (Wildman–Crippen LogP) is -0.672. The van der Waals surface area contributed by atoms with Crippen LogP contribution in [0.4, 0.5) is 0 Å². The van der Waals surface area contributed by atoms with E-state index in [0.717, 1.165) is 23.7 Å². The number of rotatable bonds is 29. The van der Waals surface area contributed by atoms with Gasteiger partial charge in [-0.3, -0.25) is 72.3 Å². The Morgan fingerprint density at radius 1 is 0.559 bits per heavy atom. The maximum Gasteiger partial charge on any atom is 0.317 e. The van der Waals surface area contributed by atoms with Crippen molar-refractivity contribution in [3.8, 4) is 5.75 Å². The maximum absolute atomic E-state index is 15.2. The number of unbranched alkanes of at least 4 members (excludes halogenated alkanes) is 3. The zero-order valence-electron chi connectivity index (χ0n) is 57.8. The molecule has 3 fully saturated rings. The van der Waals surface area contributed by atoms with Gasteiger partial charge >= 0.3 is 17.9 Å². The second kappa shape index (κ2) is 43.6. The molecule has 0 spiro atoms. The van der Waals surface area contributed by atoms with Crippen molar-refractivity contribution < 1.29 is 115 Å². The first-order chi connectivity index (χ1) is 48.5. The second-order valence-corrected chi connectivity index (χ2v) is 27.3. The number of aromatic amines is 1. The summed E-state index contributed by atoms with van der Waals surface area (Å²) in [6.45, 7) is 4.68. The average Bonchev–Trinajstić information content (AvgIpc) is 1.42. The molecular formula is C70H100LuN14O16S. The van der Waals surface area contributed by atoms with Crippen LogP contribution in [0.2, 0.25) is 0 Å². The van der Waals surface area contributed by atoms with Crippen molar-refractivity contribution in [2.75, 3.05) is 123 Å². The van der Waals surface area contributed by atoms with Crippen LogP contribution in [0.3, 0.4) is 0 Å². The number of carbonyl (C=O) groups excluding carboxylic acids is 8. The number of benzene rings is 3. The van der Waals surface area contributed by atoms with Crippen LogP contribution in [-0.2, 0) is 72.0 Å². The van der Waals surface area contributed by atoms with Crippen molar-refractivity contribution >= 4 is 87.8 Å². The summed E-state index contributed by atoms with van der Waals surface area (Å²) < 4.78 is 0. The van der Waals surface area contributed by atoms with Crippen LogP contribution in [0.15, 0.2) is 85.1 Å². The Hall–Kier alpha value is -7.49. The molecule has 3 aromatic carbocycles. The number of carboxylic acids is 3. The van der Waals surface area contributed by atoms with Crippen molar-refractivity contribution in [2.45, 2.75) is 120 Å². The molecule has 102 heavy (non-hydrogen) atoms. The zero-order valence-corrected chi connectivity index (χ0v) is 60.3. The molecular weight excluding hydrogens is 1500 g/mol. The molecule has 30 nitrogen and oxygen atoms in total. The number of nitrogens with zero attached hydrogens (tertiary/aromatic N) is 5. The van der Waals surface area contributed by atoms with Crippen molar-refractivity contribution in [3.63, 3.8) is 0 Å². The number of piperidine rings is 1. The van der Waals surface area contributed by atoms with Crippen LogP contribution in [0.1, 0.15) is 75.0 Å². The molecule has 0 bridgehead atoms. The van der Waals surface area contributed by atoms with E-state index in [4.69, 9.17) is 0 Å². The molecule has 8 amide bonds. The number of phenolic OH excluding ortho intramolecular Hbond substituents is 1. The number of nitrogens with one attached hydrogen (secondary N) is 9. The number of amides is 8. The normalized spacial score (nSPS) is 21.6. The third-order valence-corrected chi connectivity index (χ3v) is 19.4. The summed E-state index contributed by atoms with van der Waals surface area (Å²) in [5.41, 5.74) is 2.56. The van der Waals surface area contributed by atoms with Crippen molar-refractivity contribution in [2.24, 2.45) is 5.92 Å². The van der Waals surface area contributed by atoms with E-state index in [1.165, 1.54) is 42.8 Å². The van der Waals surface area contributed by atoms with E-state index in [1.54, 1.807) is 63.4 Å². The number of likely N-dealkylation sites (N-methyl/N-ethyl adjacent to an activating group) is 1. The van der Waals surface area contributed by atoms with Crippen LogP contribution in [0.25, 0.3) is 10.9 Å². The number of phenols is 1. The molecule has 0 saturated carbocycles. The molecule has 3 aliphatic rings. The van der Waals surface area contributed by atoms with E-state index in [-0.39, 0.29) is 169 Å². The molecule has 7 atom stereocenters. The van der Waals surface area contributed by atoms with Gasteiger partial charge in [-0.05, 0) is 105 Å². The van der Waals surface area contributed by atoms with Gasteiger partial charge in [0.2, 0.25) is 47.3 Å². The largest absolute Gasteiger partial charge is 0.508 e. The van der Waals surface area contributed by atoms with Crippen LogP contribution in [-0.4, -0.2) is 286 Å². The SMILES string of the molecule is C[C@@H](O)[C@@H]1NC(=O)[C@H](CC2CCNCC2)NC(=O)[C@@H](Cc2c[nH]c3ccccc23)NC(=O)[C@H](Cc2ccc(O)cc2)NC(=O)[C@H](CCSCC(=O)NCCCCCCNC(=O)CN2CCN(CC(=O)O)CCN(CC(=O)O)CCN(CC(=O)O)CC2)N(C)C(=O)[C@H](Cc2ccccc2)NC1=O.[Lu]. The summed E-state index contributed by atoms with van der Waals surface area (Å²) in [5, 5.41) is 74.1. The minimum Gasteiger partial charge on any atom is -0.508 e. The number of carbonyl (C=O) groups is 11. The van der Waals surface area contributed by atoms with Gasteiger partial charge in [0, 0.05) is 146 Å². The summed E-state index contributed by atoms with van der Waals surface area (Å²) in [7, 11) is 1.39. The fourth-order valence-electron chi connectivity index (χ4n) is 12.7. The predicted molar refractivity (Wildman–Crippen MR) is 377 cm³/mol. The number of fused-ring (bicyclic) bond motifs is 1. The number of para-hydroxylation sites is 1. The first-order valence-corrected chi connectivity index (χ1v) is 35.8. The van der Waals surface area contributed by atoms with E-state index in [1.807, 2.05) is 29.2 Å². The minimum atomic E-state index is -1.63. The quantitative estimate of drug-likeness (QED) is 0.0300. The molecule has 14 N–H and O–H groups in total. The number of hydrogen-bond donors (Lipinski definition) is 14. The zero-order chi connectivity index (χ0) is 72.8. The summed E-state index contributed by atoms with van der Waals surface area (Å²) in [5.74, 6) is -8.41. The number of aromatic nitrogens is 1. The molecule has 3 aliphatic heterocycles. The van der Waals surface area contributed by atoms with Gasteiger partial charge in [0.15, 0.2) is 0 Å². The number of aliphatic hydroxyl groups excluding tert-OH is 1. The third-order valence-electron chi connectivity index (χ3n) is 18.4. The Morgan fingerprint density at radius 3 is 1.61 bits per heavy atom. The molecule has 0 aliphatic carbocycles. The molecule has 0 unspecified atom stereocenters. The van der Waals surface area contributed by atoms with E-state index in [2.05, 4.69) is 47.5 Å². The smallest absolute Gasteiger partial charge is 0.317 e. The monoisotopic (exact) mass is 1600 g/mol. The summed E-state index contributed by atoms with van der Waals surface area (Å²) in [4.78, 5) is 163. The molecule has 3 saturated heterocycles. The molecule has 567 valence electrons. The second-order valence-electron chi connectivity index (χ2n) is 26.2. The first-order valence-electron chi connectivity index (χ1n) is 34.7. The number of H-pyrrole nitrogens is 1. The number of hydrogen-bond acceptors (Lipinski definition) is 19. The Morgan fingerprint density at radius 2 is 1.04 bits per heavy atom. The maximum atomic E-state index is 15.2. The first kappa shape index (κ1) is 83.5. The van der Waals surface area contributed by atoms with Gasteiger partial charge in [0.25, 0.3) is 0 Å². The Labute approximate surface area is 627 Å². The van der Waals surface area contributed by atoms with E-state index in [0.29, 0.717) is 81.6 Å². The Kier molecular flexibility index (Phi) is 35.7. The summed E-state index contributed by atoms with van der Waals surface area (Å²) in [6, 6.07) is 13.8. The summed E-state index contributed by atoms with van der Waals surface area (Å²) >= 11 is 1.20. The van der Waals surface area contributed by atoms with E-state index < -0.39 is 95.7 Å². The van der Waals surface area contributed by atoms with Gasteiger partial charge in [0.05, 0.1) is 38.0 Å². The minimum absolute atomic E-state index is 0. The number of aromatic hydroxyl groups is 1. The number of aliphatic hydroxyl groups is 1. The van der Waals surface area contributed by atoms with Gasteiger partial charge in [-0.25, -0.2) is 0 Å². The van der Waals surface area contributed by atoms with Gasteiger partial charge in [-0.2, -0.15) is 11.8 Å². The van der Waals surface area contributed by atoms with Crippen molar-refractivity contribution in [1.29, 1.82) is 0 Å². The van der Waals surface area contributed by atoms with Crippen LogP contribution in [0.5, 0.6) is 5.75 Å². The average molecular weight is 1600 g/mol. The van der Waals surface area contributed by atoms with Crippen LogP contribution >= 0.6 is 11.8 Å². The molecule has 32 heteroatoms. The van der Waals surface area contributed by atoms with Gasteiger partial charge < -0.3 is 78.0 Å². The van der Waals surface area contributed by atoms with Crippen LogP contribution < -0.4 is 42.5 Å². The van der Waals surface area contributed by atoms with Crippen LogP contribution in [0, 0.1) is 42.8 Å². The van der Waals surface area contributed by atoms with Crippen molar-refractivity contribution in [1.82, 2.24) is 72.0 Å². The molecule has 1 radical (unpaired) electrons. The van der Waals surface area contributed by atoms with E-state index in [9.17, 15) is 59.1 Å². The summed E-state index contributed by atoms with van der Waals surface area (Å²) in [6.07, 6.45) is 4.02. The number of aliphatic carboxylic acids is 3. The Bertz CT molecular complexity index is 3370. The Balaban J connectivity index is 0.0000164. The topological polar surface area (TPSA) is 417 Å². The molecule has 1 aromatic heterocycles. The molecule has 7 rings (SSSR count). The number of thioether (sulfide) groups is 1. The van der Waals surface area contributed by atoms with Crippen molar-refractivity contribution in [3.05, 3.63) is 102 Å². The fourth-order valence-corrected chi connectivity index (χ4v) is 13.5. The van der Waals surface area contributed by atoms with Gasteiger partial charge in [0.1, 0.15) is 42.0 Å². The standard InChI is InChI=1S/C70H100N14O16S.Lu/c1-46(85)64-69(99)78-57(38-47-12-6-5-7-13-47)70(100)80(2)58(22-35-101-45-60(88)73-24-11-4-3-10-23-72-59(87)41-81-27-29-82(42-61(89)90)31-33-84(44-63(93)94)34-32-83(30-28-81)43-62(91)92)68(98)77-54(36-48-16-18-51(86)19-17-48)65(95)76-56(39-50-40-74-53-15-9-8-14-52(50)53)66(96)75-55(67(97)79-64)37-49-20-25-71-26-21-49;/h5-9,12-19,40,46,49,54-58,64,71,74,85-86H,3-4,10-11,20-39,41-45H2,1-2H3,(H,72,87)(H,73,88)(H,75,96)(H,76,95)(H,77,98)(H,78,99)(H,79,97)(H,89,90)(H,91,92)(H,93,94);/t46-,54+,55+,56-,57+,58+,64+;/m1./s1. The fraction of sp³-hybridized carbons (Fsp3) is 0.557. The van der Waals surface area contributed by atoms with E-state index >= 15 is 19.2 Å².